The Morgan fingerprint density at radius 2 is 2.24 bits per heavy atom. The van der Waals surface area contributed by atoms with Gasteiger partial charge < -0.3 is 15.2 Å². The molecule has 0 radical (unpaired) electrons. The van der Waals surface area contributed by atoms with E-state index < -0.39 is 0 Å². The summed E-state index contributed by atoms with van der Waals surface area (Å²) in [6.07, 6.45) is 2.68. The van der Waals surface area contributed by atoms with Gasteiger partial charge in [-0.3, -0.25) is 0 Å². The number of nitrogens with one attached hydrogen (secondary N) is 1. The first-order valence-corrected chi connectivity index (χ1v) is 6.33. The average molecular weight is 235 g/mol. The highest BCUT2D eigenvalue weighted by Gasteiger charge is 2.20. The number of hydrogen-bond donors (Lipinski definition) is 2. The largest absolute Gasteiger partial charge is 0.507 e. The van der Waals surface area contributed by atoms with Crippen molar-refractivity contribution in [1.82, 2.24) is 5.32 Å². The van der Waals surface area contributed by atoms with Crippen LogP contribution in [0.5, 0.6) is 5.75 Å². The molecule has 3 nitrogen and oxygen atoms in total. The van der Waals surface area contributed by atoms with E-state index in [0.717, 1.165) is 36.8 Å². The first kappa shape index (κ1) is 12.4. The number of ether oxygens (including phenoxy) is 1. The Bertz CT molecular complexity index is 361. The van der Waals surface area contributed by atoms with Gasteiger partial charge in [0.15, 0.2) is 0 Å². The van der Waals surface area contributed by atoms with Gasteiger partial charge in [-0.2, -0.15) is 0 Å². The molecule has 0 bridgehead atoms. The monoisotopic (exact) mass is 235 g/mol. The zero-order valence-electron chi connectivity index (χ0n) is 10.4. The van der Waals surface area contributed by atoms with Crippen molar-refractivity contribution in [2.24, 2.45) is 5.92 Å². The third kappa shape index (κ3) is 4.02. The van der Waals surface area contributed by atoms with Crippen LogP contribution in [0.15, 0.2) is 18.2 Å². The van der Waals surface area contributed by atoms with E-state index in [2.05, 4.69) is 5.32 Å². The lowest BCUT2D eigenvalue weighted by Gasteiger charge is -2.08. The zero-order chi connectivity index (χ0) is 12.1. The van der Waals surface area contributed by atoms with E-state index in [-0.39, 0.29) is 0 Å². The minimum Gasteiger partial charge on any atom is -0.507 e. The molecule has 0 unspecified atom stereocenters. The van der Waals surface area contributed by atoms with Crippen LogP contribution >= 0.6 is 0 Å². The quantitative estimate of drug-likeness (QED) is 0.712. The van der Waals surface area contributed by atoms with Crippen molar-refractivity contribution in [2.45, 2.75) is 26.3 Å². The molecule has 0 heterocycles. The van der Waals surface area contributed by atoms with Crippen molar-refractivity contribution in [1.29, 1.82) is 0 Å². The van der Waals surface area contributed by atoms with E-state index in [4.69, 9.17) is 4.74 Å². The van der Waals surface area contributed by atoms with E-state index in [9.17, 15) is 5.11 Å². The first-order chi connectivity index (χ1) is 8.27. The van der Waals surface area contributed by atoms with Gasteiger partial charge in [0, 0.05) is 25.3 Å². The Labute approximate surface area is 103 Å². The Hall–Kier alpha value is -1.06. The van der Waals surface area contributed by atoms with Gasteiger partial charge in [0.1, 0.15) is 5.75 Å². The van der Waals surface area contributed by atoms with Crippen LogP contribution in [0.1, 0.15) is 24.0 Å². The minimum absolute atomic E-state index is 0.402. The van der Waals surface area contributed by atoms with Gasteiger partial charge in [-0.05, 0) is 31.2 Å². The van der Waals surface area contributed by atoms with Crippen LogP contribution in [-0.2, 0) is 11.3 Å². The molecule has 2 N–H and O–H groups in total. The van der Waals surface area contributed by atoms with E-state index in [1.165, 1.54) is 12.8 Å². The smallest absolute Gasteiger partial charge is 0.122 e. The molecule has 0 aromatic heterocycles. The number of hydrogen-bond acceptors (Lipinski definition) is 3. The number of benzene rings is 1. The molecule has 1 fully saturated rings. The molecule has 17 heavy (non-hydrogen) atoms. The molecule has 1 aliphatic rings. The summed E-state index contributed by atoms with van der Waals surface area (Å²) in [5, 5.41) is 13.1. The molecule has 0 amide bonds. The molecule has 1 aliphatic carbocycles. The third-order valence-electron chi connectivity index (χ3n) is 3.11. The van der Waals surface area contributed by atoms with E-state index in [1.54, 1.807) is 0 Å². The molecular weight excluding hydrogens is 214 g/mol. The molecule has 0 saturated heterocycles. The van der Waals surface area contributed by atoms with Crippen LogP contribution < -0.4 is 5.32 Å². The molecular formula is C14H21NO2. The van der Waals surface area contributed by atoms with Gasteiger partial charge in [-0.1, -0.05) is 18.2 Å². The molecule has 94 valence electrons. The lowest BCUT2D eigenvalue weighted by molar-refractivity contribution is 0.126. The zero-order valence-corrected chi connectivity index (χ0v) is 10.4. The first-order valence-electron chi connectivity index (χ1n) is 6.33. The second-order valence-electron chi connectivity index (χ2n) is 4.78. The third-order valence-corrected chi connectivity index (χ3v) is 3.11. The van der Waals surface area contributed by atoms with Gasteiger partial charge >= 0.3 is 0 Å². The highest BCUT2D eigenvalue weighted by atomic mass is 16.5. The highest BCUT2D eigenvalue weighted by molar-refractivity contribution is 5.39. The van der Waals surface area contributed by atoms with Crippen LogP contribution in [0.25, 0.3) is 0 Å². The van der Waals surface area contributed by atoms with Gasteiger partial charge in [0.05, 0.1) is 6.61 Å². The Kier molecular flexibility index (Phi) is 4.40. The number of para-hydroxylation sites is 1. The number of aromatic hydroxyl groups is 1. The molecule has 3 heteroatoms. The Balaban J connectivity index is 1.61. The Morgan fingerprint density at radius 3 is 3.00 bits per heavy atom. The average Bonchev–Trinajstić information content (AvgIpc) is 3.12. The summed E-state index contributed by atoms with van der Waals surface area (Å²) in [4.78, 5) is 0. The fraction of sp³-hybridized carbons (Fsp3) is 0.571. The van der Waals surface area contributed by atoms with Crippen LogP contribution in [-0.4, -0.2) is 24.9 Å². The van der Waals surface area contributed by atoms with Crippen molar-refractivity contribution < 1.29 is 9.84 Å². The summed E-state index contributed by atoms with van der Waals surface area (Å²) < 4.78 is 5.52. The SMILES string of the molecule is Cc1cccc(CNCCOCC2CC2)c1O. The normalized spacial score (nSPS) is 15.1. The maximum absolute atomic E-state index is 9.81. The van der Waals surface area contributed by atoms with Gasteiger partial charge in [-0.15, -0.1) is 0 Å². The lowest BCUT2D eigenvalue weighted by atomic mass is 10.1. The predicted octanol–water partition coefficient (Wildman–Crippen LogP) is 2.22. The molecule has 1 aromatic rings. The van der Waals surface area contributed by atoms with Crippen molar-refractivity contribution in [3.63, 3.8) is 0 Å². The van der Waals surface area contributed by atoms with Crippen molar-refractivity contribution in [3.8, 4) is 5.75 Å². The maximum atomic E-state index is 9.81. The van der Waals surface area contributed by atoms with E-state index in [0.29, 0.717) is 12.3 Å². The van der Waals surface area contributed by atoms with Gasteiger partial charge in [0.25, 0.3) is 0 Å². The summed E-state index contributed by atoms with van der Waals surface area (Å²) in [6.45, 7) is 5.11. The summed E-state index contributed by atoms with van der Waals surface area (Å²) in [6, 6.07) is 5.83. The van der Waals surface area contributed by atoms with Crippen molar-refractivity contribution in [2.75, 3.05) is 19.8 Å². The molecule has 1 aromatic carbocycles. The lowest BCUT2D eigenvalue weighted by Crippen LogP contribution is -2.19. The van der Waals surface area contributed by atoms with Crippen LogP contribution in [0.2, 0.25) is 0 Å². The number of rotatable bonds is 7. The molecule has 0 aliphatic heterocycles. The fourth-order valence-electron chi connectivity index (χ4n) is 1.76. The summed E-state index contributed by atoms with van der Waals surface area (Å²) in [5.41, 5.74) is 1.88. The van der Waals surface area contributed by atoms with Crippen molar-refractivity contribution >= 4 is 0 Å². The predicted molar refractivity (Wildman–Crippen MR) is 68.1 cm³/mol. The second kappa shape index (κ2) is 6.03. The van der Waals surface area contributed by atoms with Crippen LogP contribution in [0.3, 0.4) is 0 Å². The molecule has 0 spiro atoms. The minimum atomic E-state index is 0.402. The Morgan fingerprint density at radius 1 is 1.41 bits per heavy atom. The van der Waals surface area contributed by atoms with Crippen LogP contribution in [0.4, 0.5) is 0 Å². The number of aryl methyl sites for hydroxylation is 1. The molecule has 2 rings (SSSR count). The maximum Gasteiger partial charge on any atom is 0.122 e. The van der Waals surface area contributed by atoms with Crippen molar-refractivity contribution in [3.05, 3.63) is 29.3 Å². The number of phenolic OH excluding ortho intramolecular Hbond substituents is 1. The van der Waals surface area contributed by atoms with Gasteiger partial charge in [-0.25, -0.2) is 0 Å². The molecule has 0 atom stereocenters. The second-order valence-corrected chi connectivity index (χ2v) is 4.78. The summed E-state index contributed by atoms with van der Waals surface area (Å²) in [5.74, 6) is 1.23. The standard InChI is InChI=1S/C14H21NO2/c1-11-3-2-4-13(14(11)16)9-15-7-8-17-10-12-5-6-12/h2-4,12,15-16H,5-10H2,1H3. The summed E-state index contributed by atoms with van der Waals surface area (Å²) in [7, 11) is 0. The topological polar surface area (TPSA) is 41.5 Å². The fourth-order valence-corrected chi connectivity index (χ4v) is 1.76. The highest BCUT2D eigenvalue weighted by Crippen LogP contribution is 2.28. The van der Waals surface area contributed by atoms with E-state index in [1.807, 2.05) is 25.1 Å². The van der Waals surface area contributed by atoms with E-state index >= 15 is 0 Å². The summed E-state index contributed by atoms with van der Waals surface area (Å²) >= 11 is 0. The number of phenols is 1. The van der Waals surface area contributed by atoms with Gasteiger partial charge in [0.2, 0.25) is 0 Å². The molecule has 1 saturated carbocycles. The van der Waals surface area contributed by atoms with Crippen LogP contribution in [0, 0.1) is 12.8 Å².